The van der Waals surface area contributed by atoms with Crippen molar-refractivity contribution in [2.75, 3.05) is 25.0 Å². The molecule has 0 N–H and O–H groups in total. The Morgan fingerprint density at radius 3 is 2.88 bits per heavy atom. The lowest BCUT2D eigenvalue weighted by Gasteiger charge is -2.29. The minimum atomic E-state index is 0.0273. The van der Waals surface area contributed by atoms with Gasteiger partial charge in [0.05, 0.1) is 6.26 Å². The number of hydrogen-bond acceptors (Lipinski definition) is 3. The molecule has 0 saturated carbocycles. The van der Waals surface area contributed by atoms with Crippen molar-refractivity contribution in [2.45, 2.75) is 19.3 Å². The maximum atomic E-state index is 12.9. The maximum absolute atomic E-state index is 12.9. The smallest absolute Gasteiger partial charge is 0.254 e. The van der Waals surface area contributed by atoms with Crippen molar-refractivity contribution < 1.29 is 14.0 Å². The molecule has 0 spiro atoms. The molecule has 0 aliphatic carbocycles. The average molecular weight is 336 g/mol. The highest BCUT2D eigenvalue weighted by Gasteiger charge is 2.25. The van der Waals surface area contributed by atoms with E-state index in [1.54, 1.807) is 18.2 Å². The Morgan fingerprint density at radius 1 is 1.20 bits per heavy atom. The Hall–Kier alpha value is -2.82. The standard InChI is InChI=1S/C20H20N2O3/c1-21-17-8-6-15(12-14(17)7-9-19(21)23)20(24)22-10-2-4-16(13-22)18-5-3-11-25-18/h3-6,8,11-12H,2,7,9-10,13H2,1H3. The summed E-state index contributed by atoms with van der Waals surface area (Å²) in [7, 11) is 1.78. The molecule has 0 atom stereocenters. The van der Waals surface area contributed by atoms with Crippen LogP contribution in [0.4, 0.5) is 5.69 Å². The Morgan fingerprint density at radius 2 is 2.08 bits per heavy atom. The first-order chi connectivity index (χ1) is 12.1. The van der Waals surface area contributed by atoms with Crippen molar-refractivity contribution in [3.8, 4) is 0 Å². The summed E-state index contributed by atoms with van der Waals surface area (Å²) in [5.74, 6) is 0.971. The lowest BCUT2D eigenvalue weighted by Crippen LogP contribution is -2.36. The van der Waals surface area contributed by atoms with Crippen LogP contribution in [0.1, 0.15) is 34.5 Å². The predicted octanol–water partition coefficient (Wildman–Crippen LogP) is 3.12. The summed E-state index contributed by atoms with van der Waals surface area (Å²) in [6, 6.07) is 9.42. The first-order valence-electron chi connectivity index (χ1n) is 8.55. The lowest BCUT2D eigenvalue weighted by molar-refractivity contribution is -0.118. The number of carbonyl (C=O) groups is 2. The molecule has 2 aliphatic heterocycles. The van der Waals surface area contributed by atoms with E-state index >= 15 is 0 Å². The van der Waals surface area contributed by atoms with Gasteiger partial charge in [0.2, 0.25) is 5.91 Å². The van der Waals surface area contributed by atoms with E-state index in [1.807, 2.05) is 35.2 Å². The third-order valence-corrected chi connectivity index (χ3v) is 4.95. The summed E-state index contributed by atoms with van der Waals surface area (Å²) in [6.07, 6.45) is 5.80. The van der Waals surface area contributed by atoms with Crippen molar-refractivity contribution in [3.05, 3.63) is 59.6 Å². The molecule has 5 heteroatoms. The fourth-order valence-corrected chi connectivity index (χ4v) is 3.53. The molecule has 0 saturated heterocycles. The number of furan rings is 1. The zero-order valence-corrected chi connectivity index (χ0v) is 14.2. The SMILES string of the molecule is CN1C(=O)CCc2cc(C(=O)N3CCC=C(c4ccco4)C3)ccc21. The van der Waals surface area contributed by atoms with Gasteiger partial charge in [0.15, 0.2) is 0 Å². The van der Waals surface area contributed by atoms with Crippen LogP contribution in [0.2, 0.25) is 0 Å². The van der Waals surface area contributed by atoms with Crippen LogP contribution in [0.3, 0.4) is 0 Å². The largest absolute Gasteiger partial charge is 0.465 e. The topological polar surface area (TPSA) is 53.8 Å². The number of aryl methyl sites for hydroxylation is 1. The van der Waals surface area contributed by atoms with Crippen LogP contribution >= 0.6 is 0 Å². The fraction of sp³-hybridized carbons (Fsp3) is 0.300. The minimum absolute atomic E-state index is 0.0273. The summed E-state index contributed by atoms with van der Waals surface area (Å²) < 4.78 is 5.46. The molecule has 2 amide bonds. The fourth-order valence-electron chi connectivity index (χ4n) is 3.53. The van der Waals surface area contributed by atoms with Gasteiger partial charge in [-0.3, -0.25) is 9.59 Å². The molecule has 25 heavy (non-hydrogen) atoms. The van der Waals surface area contributed by atoms with Crippen LogP contribution in [0.15, 0.2) is 47.1 Å². The second kappa shape index (κ2) is 6.24. The molecule has 0 radical (unpaired) electrons. The van der Waals surface area contributed by atoms with Crippen molar-refractivity contribution in [1.29, 1.82) is 0 Å². The molecule has 128 valence electrons. The highest BCUT2D eigenvalue weighted by molar-refractivity contribution is 5.99. The van der Waals surface area contributed by atoms with Crippen LogP contribution in [-0.4, -0.2) is 36.9 Å². The number of amides is 2. The molecule has 1 aromatic heterocycles. The van der Waals surface area contributed by atoms with Gasteiger partial charge < -0.3 is 14.2 Å². The number of rotatable bonds is 2. The van der Waals surface area contributed by atoms with Gasteiger partial charge in [-0.1, -0.05) is 6.08 Å². The lowest BCUT2D eigenvalue weighted by atomic mass is 9.98. The molecule has 0 fully saturated rings. The summed E-state index contributed by atoms with van der Waals surface area (Å²) in [4.78, 5) is 28.3. The monoisotopic (exact) mass is 336 g/mol. The summed E-state index contributed by atoms with van der Waals surface area (Å²) in [5.41, 5.74) is 3.70. The molecule has 0 unspecified atom stereocenters. The van der Waals surface area contributed by atoms with E-state index in [1.165, 1.54) is 0 Å². The van der Waals surface area contributed by atoms with E-state index in [-0.39, 0.29) is 11.8 Å². The Bertz CT molecular complexity index is 852. The first kappa shape index (κ1) is 15.7. The van der Waals surface area contributed by atoms with Crippen molar-refractivity contribution in [2.24, 2.45) is 0 Å². The highest BCUT2D eigenvalue weighted by atomic mass is 16.3. The Kier molecular flexibility index (Phi) is 3.92. The highest BCUT2D eigenvalue weighted by Crippen LogP contribution is 2.29. The third-order valence-electron chi connectivity index (χ3n) is 4.95. The van der Waals surface area contributed by atoms with E-state index in [0.29, 0.717) is 31.5 Å². The van der Waals surface area contributed by atoms with Gasteiger partial charge in [-0.05, 0) is 48.7 Å². The van der Waals surface area contributed by atoms with Gasteiger partial charge >= 0.3 is 0 Å². The van der Waals surface area contributed by atoms with Gasteiger partial charge in [0.25, 0.3) is 5.91 Å². The first-order valence-corrected chi connectivity index (χ1v) is 8.55. The summed E-state index contributed by atoms with van der Waals surface area (Å²) >= 11 is 0. The average Bonchev–Trinajstić information content (AvgIpc) is 3.19. The minimum Gasteiger partial charge on any atom is -0.465 e. The zero-order chi connectivity index (χ0) is 17.4. The van der Waals surface area contributed by atoms with Gasteiger partial charge in [-0.2, -0.15) is 0 Å². The van der Waals surface area contributed by atoms with E-state index in [4.69, 9.17) is 4.42 Å². The van der Waals surface area contributed by atoms with Gasteiger partial charge in [-0.15, -0.1) is 0 Å². The van der Waals surface area contributed by atoms with Gasteiger partial charge in [-0.25, -0.2) is 0 Å². The summed E-state index contributed by atoms with van der Waals surface area (Å²) in [6.45, 7) is 1.26. The van der Waals surface area contributed by atoms with Crippen LogP contribution in [-0.2, 0) is 11.2 Å². The van der Waals surface area contributed by atoms with Crippen LogP contribution in [0.5, 0.6) is 0 Å². The molecular weight excluding hydrogens is 316 g/mol. The normalized spacial score (nSPS) is 17.3. The van der Waals surface area contributed by atoms with Crippen LogP contribution in [0, 0.1) is 0 Å². The number of hydrogen-bond donors (Lipinski definition) is 0. The van der Waals surface area contributed by atoms with Crippen LogP contribution < -0.4 is 4.90 Å². The quantitative estimate of drug-likeness (QED) is 0.847. The molecule has 4 rings (SSSR count). The second-order valence-corrected chi connectivity index (χ2v) is 6.52. The molecule has 2 aliphatic rings. The molecule has 0 bridgehead atoms. The second-order valence-electron chi connectivity index (χ2n) is 6.52. The van der Waals surface area contributed by atoms with Gasteiger partial charge in [0, 0.05) is 43.4 Å². The number of anilines is 1. The van der Waals surface area contributed by atoms with Gasteiger partial charge in [0.1, 0.15) is 5.76 Å². The third kappa shape index (κ3) is 2.86. The number of nitrogens with zero attached hydrogens (tertiary/aromatic N) is 2. The molecular formula is C20H20N2O3. The van der Waals surface area contributed by atoms with Crippen molar-refractivity contribution in [1.82, 2.24) is 4.90 Å². The number of carbonyl (C=O) groups excluding carboxylic acids is 2. The number of fused-ring (bicyclic) bond motifs is 1. The van der Waals surface area contributed by atoms with E-state index in [9.17, 15) is 9.59 Å². The molecule has 2 aromatic rings. The summed E-state index contributed by atoms with van der Waals surface area (Å²) in [5, 5.41) is 0. The molecule has 3 heterocycles. The molecule has 5 nitrogen and oxygen atoms in total. The number of benzene rings is 1. The maximum Gasteiger partial charge on any atom is 0.254 e. The van der Waals surface area contributed by atoms with E-state index in [0.717, 1.165) is 29.0 Å². The Labute approximate surface area is 146 Å². The molecule has 1 aromatic carbocycles. The van der Waals surface area contributed by atoms with Crippen molar-refractivity contribution >= 4 is 23.1 Å². The van der Waals surface area contributed by atoms with Crippen molar-refractivity contribution in [3.63, 3.8) is 0 Å². The zero-order valence-electron chi connectivity index (χ0n) is 14.2. The van der Waals surface area contributed by atoms with E-state index < -0.39 is 0 Å². The van der Waals surface area contributed by atoms with Crippen LogP contribution in [0.25, 0.3) is 5.57 Å². The Balaban J connectivity index is 1.56. The predicted molar refractivity (Wildman–Crippen MR) is 95.4 cm³/mol. The van der Waals surface area contributed by atoms with E-state index in [2.05, 4.69) is 6.08 Å².